The van der Waals surface area contributed by atoms with Crippen LogP contribution in [0.2, 0.25) is 0 Å². The quantitative estimate of drug-likeness (QED) is 0.410. The highest BCUT2D eigenvalue weighted by Crippen LogP contribution is 2.19. The summed E-state index contributed by atoms with van der Waals surface area (Å²) in [5.74, 6) is 0. The molecule has 0 amide bonds. The molecule has 82 valence electrons. The van der Waals surface area contributed by atoms with E-state index in [9.17, 15) is 0 Å². The van der Waals surface area contributed by atoms with Crippen LogP contribution in [0.1, 0.15) is 26.2 Å². The van der Waals surface area contributed by atoms with E-state index in [1.54, 1.807) is 6.20 Å². The maximum atomic E-state index is 6.00. The molecule has 0 bridgehead atoms. The fraction of sp³-hybridized carbons (Fsp3) is 0.800. The summed E-state index contributed by atoms with van der Waals surface area (Å²) in [6, 6.07) is 0. The van der Waals surface area contributed by atoms with E-state index in [1.165, 1.54) is 6.42 Å². The van der Waals surface area contributed by atoms with Crippen LogP contribution in [-0.4, -0.2) is 35.4 Å². The van der Waals surface area contributed by atoms with Crippen molar-refractivity contribution in [3.05, 3.63) is 12.8 Å². The zero-order valence-corrected chi connectivity index (χ0v) is 9.70. The van der Waals surface area contributed by atoms with Crippen molar-refractivity contribution in [1.29, 1.82) is 0 Å². The summed E-state index contributed by atoms with van der Waals surface area (Å²) < 4.78 is 5.66. The molecule has 1 fully saturated rings. The number of ether oxygens (including phenoxy) is 1. The van der Waals surface area contributed by atoms with Gasteiger partial charge in [-0.15, -0.1) is 11.6 Å². The first-order valence-electron chi connectivity index (χ1n) is 5.06. The maximum absolute atomic E-state index is 6.00. The Morgan fingerprint density at radius 1 is 1.57 bits per heavy atom. The van der Waals surface area contributed by atoms with Gasteiger partial charge in [-0.25, -0.2) is 5.01 Å². The molecular weight excluding hydrogens is 200 g/mol. The molecule has 0 aromatic rings. The zero-order valence-electron chi connectivity index (χ0n) is 8.95. The average molecular weight is 219 g/mol. The van der Waals surface area contributed by atoms with Gasteiger partial charge in [0.05, 0.1) is 0 Å². The van der Waals surface area contributed by atoms with Gasteiger partial charge in [0.25, 0.3) is 0 Å². The molecule has 1 saturated heterocycles. The molecule has 0 aliphatic carbocycles. The van der Waals surface area contributed by atoms with E-state index < -0.39 is 0 Å². The average Bonchev–Trinajstić information content (AvgIpc) is 2.20. The number of hydrogen-bond donors (Lipinski definition) is 0. The molecule has 1 aliphatic rings. The predicted molar refractivity (Wildman–Crippen MR) is 58.7 cm³/mol. The lowest BCUT2D eigenvalue weighted by molar-refractivity contribution is -0.147. The van der Waals surface area contributed by atoms with Gasteiger partial charge in [-0.05, 0) is 26.2 Å². The van der Waals surface area contributed by atoms with Crippen LogP contribution in [-0.2, 0) is 4.74 Å². The highest BCUT2D eigenvalue weighted by atomic mass is 35.5. The van der Waals surface area contributed by atoms with E-state index in [1.807, 2.05) is 24.0 Å². The van der Waals surface area contributed by atoms with Crippen LogP contribution in [0.15, 0.2) is 12.8 Å². The lowest BCUT2D eigenvalue weighted by atomic mass is 10.2. The van der Waals surface area contributed by atoms with E-state index in [0.29, 0.717) is 0 Å². The molecule has 0 saturated carbocycles. The third kappa shape index (κ3) is 2.87. The number of hydrogen-bond acceptors (Lipinski definition) is 3. The van der Waals surface area contributed by atoms with Crippen LogP contribution in [0.4, 0.5) is 0 Å². The molecule has 1 heterocycles. The summed E-state index contributed by atoms with van der Waals surface area (Å²) >= 11 is 6.00. The monoisotopic (exact) mass is 218 g/mol. The summed E-state index contributed by atoms with van der Waals surface area (Å²) in [4.78, 5) is 0. The highest BCUT2D eigenvalue weighted by molar-refractivity contribution is 6.20. The summed E-state index contributed by atoms with van der Waals surface area (Å²) in [7, 11) is 1.94. The standard InChI is InChI=1S/C10H19ClN2O/c1-4-13(12(3)9(2)11)10-7-5-6-8-14-10/h4,9-10H,1,5-8H2,2-3H3. The number of nitrogens with zero attached hydrogens (tertiary/aromatic N) is 2. The van der Waals surface area contributed by atoms with E-state index in [2.05, 4.69) is 6.58 Å². The lowest BCUT2D eigenvalue weighted by Gasteiger charge is -2.40. The van der Waals surface area contributed by atoms with Crippen LogP contribution < -0.4 is 0 Å². The Hall–Kier alpha value is -0.250. The van der Waals surface area contributed by atoms with Gasteiger partial charge in [-0.3, -0.25) is 5.01 Å². The lowest BCUT2D eigenvalue weighted by Crippen LogP contribution is -2.47. The minimum Gasteiger partial charge on any atom is -0.357 e. The van der Waals surface area contributed by atoms with Crippen molar-refractivity contribution in [2.75, 3.05) is 13.7 Å². The van der Waals surface area contributed by atoms with Crippen LogP contribution >= 0.6 is 11.6 Å². The molecule has 2 unspecified atom stereocenters. The van der Waals surface area contributed by atoms with Crippen molar-refractivity contribution in [2.45, 2.75) is 37.9 Å². The zero-order chi connectivity index (χ0) is 10.6. The van der Waals surface area contributed by atoms with Gasteiger partial charge in [-0.2, -0.15) is 0 Å². The summed E-state index contributed by atoms with van der Waals surface area (Å²) in [6.45, 7) is 6.55. The third-order valence-electron chi connectivity index (χ3n) is 2.52. The van der Waals surface area contributed by atoms with E-state index in [-0.39, 0.29) is 11.7 Å². The SMILES string of the molecule is C=CN(C1CCCCO1)N(C)C(C)Cl. The van der Waals surface area contributed by atoms with Crippen molar-refractivity contribution < 1.29 is 4.74 Å². The highest BCUT2D eigenvalue weighted by Gasteiger charge is 2.23. The van der Waals surface area contributed by atoms with Crippen molar-refractivity contribution in [2.24, 2.45) is 0 Å². The van der Waals surface area contributed by atoms with Gasteiger partial charge < -0.3 is 4.74 Å². The normalized spacial score (nSPS) is 24.7. The molecular formula is C10H19ClN2O. The van der Waals surface area contributed by atoms with Crippen molar-refractivity contribution in [3.63, 3.8) is 0 Å². The molecule has 1 aliphatic heterocycles. The number of alkyl halides is 1. The molecule has 1 rings (SSSR count). The van der Waals surface area contributed by atoms with Gasteiger partial charge in [0.1, 0.15) is 11.7 Å². The maximum Gasteiger partial charge on any atom is 0.143 e. The Kier molecular flexibility index (Phi) is 4.72. The second-order valence-electron chi connectivity index (χ2n) is 3.53. The summed E-state index contributed by atoms with van der Waals surface area (Å²) in [5.41, 5.74) is -0.0569. The van der Waals surface area contributed by atoms with Crippen LogP contribution in [0.3, 0.4) is 0 Å². The van der Waals surface area contributed by atoms with E-state index >= 15 is 0 Å². The minimum atomic E-state index is -0.0569. The molecule has 3 nitrogen and oxygen atoms in total. The Bertz CT molecular complexity index is 181. The summed E-state index contributed by atoms with van der Waals surface area (Å²) in [5, 5.41) is 3.90. The first-order valence-corrected chi connectivity index (χ1v) is 5.49. The Labute approximate surface area is 91.2 Å². The molecule has 14 heavy (non-hydrogen) atoms. The number of hydrazine groups is 1. The molecule has 0 aromatic carbocycles. The first-order chi connectivity index (χ1) is 6.66. The second kappa shape index (κ2) is 5.59. The molecule has 0 N–H and O–H groups in total. The fourth-order valence-corrected chi connectivity index (χ4v) is 1.67. The second-order valence-corrected chi connectivity index (χ2v) is 4.16. The Morgan fingerprint density at radius 3 is 2.71 bits per heavy atom. The topological polar surface area (TPSA) is 15.7 Å². The van der Waals surface area contributed by atoms with Gasteiger partial charge in [0.15, 0.2) is 0 Å². The van der Waals surface area contributed by atoms with Crippen LogP contribution in [0, 0.1) is 0 Å². The Balaban J connectivity index is 2.55. The molecule has 2 atom stereocenters. The van der Waals surface area contributed by atoms with Gasteiger partial charge in [0.2, 0.25) is 0 Å². The van der Waals surface area contributed by atoms with Gasteiger partial charge in [0, 0.05) is 19.9 Å². The predicted octanol–water partition coefficient (Wildman–Crippen LogP) is 2.39. The largest absolute Gasteiger partial charge is 0.357 e. The number of rotatable bonds is 4. The van der Waals surface area contributed by atoms with Crippen molar-refractivity contribution in [3.8, 4) is 0 Å². The third-order valence-corrected chi connectivity index (χ3v) is 2.80. The van der Waals surface area contributed by atoms with Crippen molar-refractivity contribution in [1.82, 2.24) is 10.0 Å². The van der Waals surface area contributed by atoms with Crippen molar-refractivity contribution >= 4 is 11.6 Å². The molecule has 4 heteroatoms. The minimum absolute atomic E-state index is 0.0569. The summed E-state index contributed by atoms with van der Waals surface area (Å²) in [6.07, 6.45) is 5.28. The van der Waals surface area contributed by atoms with Crippen LogP contribution in [0.5, 0.6) is 0 Å². The van der Waals surface area contributed by atoms with Gasteiger partial charge >= 0.3 is 0 Å². The number of halogens is 1. The smallest absolute Gasteiger partial charge is 0.143 e. The first kappa shape index (κ1) is 11.8. The molecule has 0 radical (unpaired) electrons. The van der Waals surface area contributed by atoms with E-state index in [4.69, 9.17) is 16.3 Å². The fourth-order valence-electron chi connectivity index (χ4n) is 1.57. The van der Waals surface area contributed by atoms with Gasteiger partial charge in [-0.1, -0.05) is 6.58 Å². The Morgan fingerprint density at radius 2 is 2.29 bits per heavy atom. The molecule has 0 spiro atoms. The van der Waals surface area contributed by atoms with Crippen LogP contribution in [0.25, 0.3) is 0 Å². The molecule has 0 aromatic heterocycles. The van der Waals surface area contributed by atoms with E-state index in [0.717, 1.165) is 19.4 Å².